The fraction of sp³-hybridized carbons (Fsp3) is 0.409. The predicted molar refractivity (Wildman–Crippen MR) is 112 cm³/mol. The average molecular weight is 370 g/mol. The maximum Gasteiger partial charge on any atom is 0.191 e. The van der Waals surface area contributed by atoms with E-state index in [1.807, 2.05) is 18.2 Å². The van der Waals surface area contributed by atoms with Crippen molar-refractivity contribution in [3.8, 4) is 11.5 Å². The monoisotopic (exact) mass is 369 g/mol. The summed E-state index contributed by atoms with van der Waals surface area (Å²) in [6.45, 7) is 8.06. The molecule has 0 amide bonds. The van der Waals surface area contributed by atoms with Crippen LogP contribution in [0.2, 0.25) is 0 Å². The van der Waals surface area contributed by atoms with Crippen LogP contribution in [0.5, 0.6) is 11.5 Å². The van der Waals surface area contributed by atoms with Gasteiger partial charge in [-0.25, -0.2) is 0 Å². The minimum atomic E-state index is -0.00764. The fourth-order valence-corrected chi connectivity index (χ4v) is 3.13. The van der Waals surface area contributed by atoms with Crippen molar-refractivity contribution in [3.05, 3.63) is 59.2 Å². The third-order valence-electron chi connectivity index (χ3n) is 4.70. The molecule has 0 aliphatic heterocycles. The Labute approximate surface area is 162 Å². The van der Waals surface area contributed by atoms with E-state index in [1.54, 1.807) is 21.3 Å². The van der Waals surface area contributed by atoms with Crippen LogP contribution in [0.25, 0.3) is 0 Å². The van der Waals surface area contributed by atoms with Crippen LogP contribution in [0.15, 0.2) is 47.5 Å². The molecule has 0 aliphatic carbocycles. The minimum Gasteiger partial charge on any atom is -0.493 e. The Kier molecular flexibility index (Phi) is 7.11. The molecule has 2 N–H and O–H groups in total. The van der Waals surface area contributed by atoms with Crippen molar-refractivity contribution in [1.82, 2.24) is 10.6 Å². The lowest BCUT2D eigenvalue weighted by molar-refractivity contribution is 0.354. The number of ether oxygens (including phenoxy) is 2. The summed E-state index contributed by atoms with van der Waals surface area (Å²) in [5, 5.41) is 6.80. The quantitative estimate of drug-likeness (QED) is 0.578. The SMILES string of the molecule is CN=C(NCc1ccc(OC)c(OC)c1)NCC(C)(C)c1ccccc1C. The molecule has 0 radical (unpaired) electrons. The van der Waals surface area contributed by atoms with Crippen LogP contribution >= 0.6 is 0 Å². The summed E-state index contributed by atoms with van der Waals surface area (Å²) in [7, 11) is 5.06. The second kappa shape index (κ2) is 9.31. The number of rotatable bonds is 7. The number of hydrogen-bond acceptors (Lipinski definition) is 3. The Bertz CT molecular complexity index is 785. The number of methoxy groups -OCH3 is 2. The highest BCUT2D eigenvalue weighted by Gasteiger charge is 2.22. The molecule has 2 aromatic carbocycles. The summed E-state index contributed by atoms with van der Waals surface area (Å²) in [5.41, 5.74) is 3.73. The molecule has 27 heavy (non-hydrogen) atoms. The molecule has 0 aromatic heterocycles. The Morgan fingerprint density at radius 1 is 1.00 bits per heavy atom. The zero-order valence-corrected chi connectivity index (χ0v) is 17.2. The van der Waals surface area contributed by atoms with Gasteiger partial charge in [-0.05, 0) is 35.7 Å². The number of aliphatic imine (C=N–C) groups is 1. The van der Waals surface area contributed by atoms with E-state index < -0.39 is 0 Å². The van der Waals surface area contributed by atoms with Gasteiger partial charge in [0.05, 0.1) is 14.2 Å². The van der Waals surface area contributed by atoms with E-state index in [4.69, 9.17) is 9.47 Å². The molecule has 0 bridgehead atoms. The largest absolute Gasteiger partial charge is 0.493 e. The van der Waals surface area contributed by atoms with Crippen molar-refractivity contribution in [2.75, 3.05) is 27.8 Å². The van der Waals surface area contributed by atoms with E-state index >= 15 is 0 Å². The van der Waals surface area contributed by atoms with Crippen LogP contribution in [0.1, 0.15) is 30.5 Å². The zero-order chi connectivity index (χ0) is 19.9. The van der Waals surface area contributed by atoms with Crippen LogP contribution < -0.4 is 20.1 Å². The van der Waals surface area contributed by atoms with E-state index in [1.165, 1.54) is 11.1 Å². The van der Waals surface area contributed by atoms with E-state index in [0.717, 1.165) is 29.6 Å². The first-order valence-corrected chi connectivity index (χ1v) is 9.13. The molecule has 2 aromatic rings. The molecule has 5 nitrogen and oxygen atoms in total. The number of nitrogens with zero attached hydrogens (tertiary/aromatic N) is 1. The van der Waals surface area contributed by atoms with Gasteiger partial charge in [-0.15, -0.1) is 0 Å². The second-order valence-corrected chi connectivity index (χ2v) is 7.17. The molecular weight excluding hydrogens is 338 g/mol. The molecular formula is C22H31N3O2. The predicted octanol–water partition coefficient (Wildman–Crippen LogP) is 3.66. The van der Waals surface area contributed by atoms with Crippen molar-refractivity contribution < 1.29 is 9.47 Å². The summed E-state index contributed by atoms with van der Waals surface area (Å²) in [6, 6.07) is 14.4. The van der Waals surface area contributed by atoms with Gasteiger partial charge in [-0.3, -0.25) is 4.99 Å². The van der Waals surface area contributed by atoms with Crippen LogP contribution in [-0.2, 0) is 12.0 Å². The van der Waals surface area contributed by atoms with E-state index in [2.05, 4.69) is 60.7 Å². The molecule has 0 unspecified atom stereocenters. The summed E-state index contributed by atoms with van der Waals surface area (Å²) >= 11 is 0. The van der Waals surface area contributed by atoms with Crippen molar-refractivity contribution in [3.63, 3.8) is 0 Å². The topological polar surface area (TPSA) is 54.9 Å². The number of benzene rings is 2. The highest BCUT2D eigenvalue weighted by Crippen LogP contribution is 2.27. The third kappa shape index (κ3) is 5.39. The number of aryl methyl sites for hydroxylation is 1. The van der Waals surface area contributed by atoms with Gasteiger partial charge in [-0.2, -0.15) is 0 Å². The molecule has 5 heteroatoms. The molecule has 146 valence electrons. The van der Waals surface area contributed by atoms with Crippen molar-refractivity contribution >= 4 is 5.96 Å². The Morgan fingerprint density at radius 3 is 2.33 bits per heavy atom. The van der Waals surface area contributed by atoms with Gasteiger partial charge in [0.15, 0.2) is 17.5 Å². The van der Waals surface area contributed by atoms with Crippen molar-refractivity contribution in [2.24, 2.45) is 4.99 Å². The molecule has 0 heterocycles. The fourth-order valence-electron chi connectivity index (χ4n) is 3.13. The van der Waals surface area contributed by atoms with Crippen LogP contribution in [0.3, 0.4) is 0 Å². The van der Waals surface area contributed by atoms with Gasteiger partial charge in [0.25, 0.3) is 0 Å². The number of hydrogen-bond donors (Lipinski definition) is 2. The van der Waals surface area contributed by atoms with Crippen molar-refractivity contribution in [2.45, 2.75) is 32.7 Å². The standard InChI is InChI=1S/C22H31N3O2/c1-16-9-7-8-10-18(16)22(2,3)15-25-21(23-4)24-14-17-11-12-19(26-5)20(13-17)27-6/h7-13H,14-15H2,1-6H3,(H2,23,24,25). The number of guanidine groups is 1. The first-order chi connectivity index (χ1) is 12.9. The van der Waals surface area contributed by atoms with Crippen LogP contribution in [-0.4, -0.2) is 33.8 Å². The third-order valence-corrected chi connectivity index (χ3v) is 4.70. The molecule has 0 spiro atoms. The highest BCUT2D eigenvalue weighted by atomic mass is 16.5. The maximum absolute atomic E-state index is 5.36. The molecule has 0 saturated heterocycles. The number of nitrogens with one attached hydrogen (secondary N) is 2. The molecule has 2 rings (SSSR count). The summed E-state index contributed by atoms with van der Waals surface area (Å²) in [5.74, 6) is 2.22. The highest BCUT2D eigenvalue weighted by molar-refractivity contribution is 5.79. The lowest BCUT2D eigenvalue weighted by Gasteiger charge is -2.28. The summed E-state index contributed by atoms with van der Waals surface area (Å²) < 4.78 is 10.6. The first-order valence-electron chi connectivity index (χ1n) is 9.13. The molecule has 0 saturated carbocycles. The Balaban J connectivity index is 1.97. The van der Waals surface area contributed by atoms with Gasteiger partial charge >= 0.3 is 0 Å². The lowest BCUT2D eigenvalue weighted by Crippen LogP contribution is -2.43. The maximum atomic E-state index is 5.36. The average Bonchev–Trinajstić information content (AvgIpc) is 2.68. The van der Waals surface area contributed by atoms with Crippen LogP contribution in [0.4, 0.5) is 0 Å². The second-order valence-electron chi connectivity index (χ2n) is 7.17. The normalized spacial score (nSPS) is 11.9. The van der Waals surface area contributed by atoms with Gasteiger partial charge in [-0.1, -0.05) is 44.2 Å². The smallest absolute Gasteiger partial charge is 0.191 e. The molecule has 0 aliphatic rings. The lowest BCUT2D eigenvalue weighted by atomic mass is 9.82. The van der Waals surface area contributed by atoms with Gasteiger partial charge in [0, 0.05) is 25.6 Å². The van der Waals surface area contributed by atoms with Gasteiger partial charge in [0.2, 0.25) is 0 Å². The Morgan fingerprint density at radius 2 is 1.70 bits per heavy atom. The van der Waals surface area contributed by atoms with Gasteiger partial charge in [0.1, 0.15) is 0 Å². The summed E-state index contributed by atoms with van der Waals surface area (Å²) in [6.07, 6.45) is 0. The first kappa shape index (κ1) is 20.6. The zero-order valence-electron chi connectivity index (χ0n) is 17.2. The molecule has 0 fully saturated rings. The summed E-state index contributed by atoms with van der Waals surface area (Å²) in [4.78, 5) is 4.34. The van der Waals surface area contributed by atoms with Crippen molar-refractivity contribution in [1.29, 1.82) is 0 Å². The van der Waals surface area contributed by atoms with Gasteiger partial charge < -0.3 is 20.1 Å². The van der Waals surface area contributed by atoms with E-state index in [-0.39, 0.29) is 5.41 Å². The van der Waals surface area contributed by atoms with Crippen LogP contribution in [0, 0.1) is 6.92 Å². The molecule has 0 atom stereocenters. The minimum absolute atomic E-state index is 0.00764. The van der Waals surface area contributed by atoms with E-state index in [0.29, 0.717) is 6.54 Å². The Hall–Kier alpha value is -2.69. The van der Waals surface area contributed by atoms with E-state index in [9.17, 15) is 0 Å².